The molecule has 0 bridgehead atoms. The molecule has 0 aromatic heterocycles. The van der Waals surface area contributed by atoms with Crippen LogP contribution in [0.15, 0.2) is 25.3 Å². The highest BCUT2D eigenvalue weighted by molar-refractivity contribution is 6.23. The molecular weight excluding hydrogens is 279 g/mol. The summed E-state index contributed by atoms with van der Waals surface area (Å²) in [5.41, 5.74) is 0. The standard InChI is InChI=1S/C12H16Cl2O4/c1-4-9(13)7-8-12(14,17-10(15)5-2)18-11(16)6-3/h5-6,9H,2-4,7-8H2,1H3. The SMILES string of the molecule is C=CC(=O)OC(Cl)(CCC(Cl)CC)OC(=O)C=C. The Balaban J connectivity index is 4.67. The van der Waals surface area contributed by atoms with Crippen LogP contribution in [0.25, 0.3) is 0 Å². The highest BCUT2D eigenvalue weighted by Crippen LogP contribution is 2.28. The van der Waals surface area contributed by atoms with Gasteiger partial charge in [0.05, 0.1) is 0 Å². The molecule has 6 heteroatoms. The average Bonchev–Trinajstić information content (AvgIpc) is 2.35. The Kier molecular flexibility index (Phi) is 7.71. The molecule has 0 N–H and O–H groups in total. The molecule has 18 heavy (non-hydrogen) atoms. The minimum absolute atomic E-state index is 0.0791. The Hall–Kier alpha value is -1.00. The topological polar surface area (TPSA) is 52.6 Å². The summed E-state index contributed by atoms with van der Waals surface area (Å²) in [6.45, 7) is 8.37. The van der Waals surface area contributed by atoms with Gasteiger partial charge < -0.3 is 9.47 Å². The van der Waals surface area contributed by atoms with Gasteiger partial charge >= 0.3 is 17.2 Å². The van der Waals surface area contributed by atoms with Crippen molar-refractivity contribution in [3.05, 3.63) is 25.3 Å². The summed E-state index contributed by atoms with van der Waals surface area (Å²) in [4.78, 5) is 22.3. The summed E-state index contributed by atoms with van der Waals surface area (Å²) in [5.74, 6) is -1.58. The molecule has 0 aromatic carbocycles. The van der Waals surface area contributed by atoms with E-state index in [9.17, 15) is 9.59 Å². The van der Waals surface area contributed by atoms with E-state index in [1.54, 1.807) is 0 Å². The van der Waals surface area contributed by atoms with E-state index in [0.29, 0.717) is 6.42 Å². The predicted molar refractivity (Wildman–Crippen MR) is 70.3 cm³/mol. The first-order valence-electron chi connectivity index (χ1n) is 5.40. The Labute approximate surface area is 117 Å². The van der Waals surface area contributed by atoms with Crippen molar-refractivity contribution in [3.63, 3.8) is 0 Å². The highest BCUT2D eigenvalue weighted by atomic mass is 35.5. The summed E-state index contributed by atoms with van der Waals surface area (Å²) in [5, 5.41) is -2.02. The Morgan fingerprint density at radius 2 is 1.72 bits per heavy atom. The second-order valence-corrected chi connectivity index (χ2v) is 4.65. The van der Waals surface area contributed by atoms with Gasteiger partial charge in [-0.2, -0.15) is 0 Å². The van der Waals surface area contributed by atoms with Crippen molar-refractivity contribution in [1.82, 2.24) is 0 Å². The third-order valence-corrected chi connectivity index (χ3v) is 2.91. The van der Waals surface area contributed by atoms with E-state index in [4.69, 9.17) is 32.7 Å². The van der Waals surface area contributed by atoms with Crippen molar-refractivity contribution in [2.75, 3.05) is 0 Å². The van der Waals surface area contributed by atoms with Crippen LogP contribution in [-0.2, 0) is 19.1 Å². The molecule has 4 nitrogen and oxygen atoms in total. The van der Waals surface area contributed by atoms with Gasteiger partial charge in [-0.15, -0.1) is 11.6 Å². The molecule has 102 valence electrons. The van der Waals surface area contributed by atoms with Crippen LogP contribution in [0.3, 0.4) is 0 Å². The van der Waals surface area contributed by atoms with E-state index < -0.39 is 17.2 Å². The molecule has 0 amide bonds. The first-order chi connectivity index (χ1) is 8.36. The predicted octanol–water partition coefficient (Wildman–Crippen LogP) is 3.14. The molecule has 0 aliphatic heterocycles. The van der Waals surface area contributed by atoms with Crippen molar-refractivity contribution in [2.45, 2.75) is 36.8 Å². The van der Waals surface area contributed by atoms with Gasteiger partial charge in [-0.3, -0.25) is 0 Å². The maximum atomic E-state index is 11.1. The number of ether oxygens (including phenoxy) is 2. The summed E-state index contributed by atoms with van der Waals surface area (Å²) in [6.07, 6.45) is 3.08. The minimum Gasteiger partial charge on any atom is -0.405 e. The fourth-order valence-electron chi connectivity index (χ4n) is 1.04. The lowest BCUT2D eigenvalue weighted by atomic mass is 10.2. The largest absolute Gasteiger partial charge is 0.405 e. The summed E-state index contributed by atoms with van der Waals surface area (Å²) < 4.78 is 9.63. The van der Waals surface area contributed by atoms with Crippen LogP contribution in [0, 0.1) is 0 Å². The average molecular weight is 295 g/mol. The lowest BCUT2D eigenvalue weighted by Gasteiger charge is -2.26. The van der Waals surface area contributed by atoms with Gasteiger partial charge in [-0.05, 0) is 24.4 Å². The van der Waals surface area contributed by atoms with Gasteiger partial charge in [0.1, 0.15) is 0 Å². The number of carbonyl (C=O) groups excluding carboxylic acids is 2. The maximum Gasteiger partial charge on any atom is 0.337 e. The molecule has 0 fully saturated rings. The van der Waals surface area contributed by atoms with Crippen LogP contribution in [0.1, 0.15) is 26.2 Å². The smallest absolute Gasteiger partial charge is 0.337 e. The van der Waals surface area contributed by atoms with Crippen LogP contribution >= 0.6 is 23.2 Å². The zero-order valence-electron chi connectivity index (χ0n) is 10.2. The Morgan fingerprint density at radius 1 is 1.28 bits per heavy atom. The third-order valence-electron chi connectivity index (χ3n) is 2.04. The summed E-state index contributed by atoms with van der Waals surface area (Å²) >= 11 is 11.9. The van der Waals surface area contributed by atoms with E-state index in [0.717, 1.165) is 18.6 Å². The molecule has 1 atom stereocenters. The van der Waals surface area contributed by atoms with Crippen molar-refractivity contribution < 1.29 is 19.1 Å². The second kappa shape index (κ2) is 8.16. The number of halogens is 2. The number of hydrogen-bond donors (Lipinski definition) is 0. The van der Waals surface area contributed by atoms with Crippen molar-refractivity contribution in [2.24, 2.45) is 0 Å². The molecule has 0 aromatic rings. The van der Waals surface area contributed by atoms with E-state index in [1.165, 1.54) is 0 Å². The lowest BCUT2D eigenvalue weighted by molar-refractivity contribution is -0.195. The molecule has 0 saturated carbocycles. The highest BCUT2D eigenvalue weighted by Gasteiger charge is 2.35. The van der Waals surface area contributed by atoms with Gasteiger partial charge in [0.2, 0.25) is 0 Å². The first kappa shape index (κ1) is 17.0. The van der Waals surface area contributed by atoms with Gasteiger partial charge in [0, 0.05) is 23.9 Å². The monoisotopic (exact) mass is 294 g/mol. The molecule has 0 radical (unpaired) electrons. The van der Waals surface area contributed by atoms with Gasteiger partial charge in [0.15, 0.2) is 0 Å². The number of rotatable bonds is 8. The molecule has 1 unspecified atom stereocenters. The normalized spacial score (nSPS) is 12.4. The molecule has 0 rings (SSSR count). The molecule has 0 aliphatic carbocycles. The maximum absolute atomic E-state index is 11.1. The Morgan fingerprint density at radius 3 is 2.06 bits per heavy atom. The van der Waals surface area contributed by atoms with Crippen molar-refractivity contribution in [1.29, 1.82) is 0 Å². The van der Waals surface area contributed by atoms with Crippen molar-refractivity contribution >= 4 is 35.1 Å². The van der Waals surface area contributed by atoms with E-state index in [2.05, 4.69) is 13.2 Å². The zero-order valence-corrected chi connectivity index (χ0v) is 11.7. The van der Waals surface area contributed by atoms with Crippen molar-refractivity contribution in [3.8, 4) is 0 Å². The molecule has 0 heterocycles. The Bertz CT molecular complexity index is 306. The summed E-state index contributed by atoms with van der Waals surface area (Å²) in [7, 11) is 0. The van der Waals surface area contributed by atoms with Gasteiger partial charge in [-0.25, -0.2) is 9.59 Å². The van der Waals surface area contributed by atoms with Crippen LogP contribution in [0.2, 0.25) is 0 Å². The molecule has 0 spiro atoms. The number of hydrogen-bond acceptors (Lipinski definition) is 4. The lowest BCUT2D eigenvalue weighted by Crippen LogP contribution is -2.34. The van der Waals surface area contributed by atoms with Crippen LogP contribution in [0.4, 0.5) is 0 Å². The van der Waals surface area contributed by atoms with E-state index >= 15 is 0 Å². The van der Waals surface area contributed by atoms with E-state index in [1.807, 2.05) is 6.92 Å². The minimum atomic E-state index is -1.88. The quantitative estimate of drug-likeness (QED) is 0.299. The number of alkyl halides is 2. The number of esters is 2. The van der Waals surface area contributed by atoms with Crippen LogP contribution in [-0.4, -0.2) is 22.6 Å². The molecular formula is C12H16Cl2O4. The molecule has 0 saturated heterocycles. The van der Waals surface area contributed by atoms with Gasteiger partial charge in [0.25, 0.3) is 0 Å². The summed E-state index contributed by atoms with van der Waals surface area (Å²) in [6, 6.07) is 0. The fraction of sp³-hybridized carbons (Fsp3) is 0.500. The third kappa shape index (κ3) is 6.67. The van der Waals surface area contributed by atoms with Crippen LogP contribution in [0.5, 0.6) is 0 Å². The van der Waals surface area contributed by atoms with E-state index in [-0.39, 0.29) is 11.8 Å². The van der Waals surface area contributed by atoms with Crippen LogP contribution < -0.4 is 0 Å². The first-order valence-corrected chi connectivity index (χ1v) is 6.22. The van der Waals surface area contributed by atoms with Gasteiger partial charge in [-0.1, -0.05) is 20.1 Å². The second-order valence-electron chi connectivity index (χ2n) is 3.45. The fourth-order valence-corrected chi connectivity index (χ4v) is 1.41. The molecule has 0 aliphatic rings. The number of carbonyl (C=O) groups is 2. The zero-order chi connectivity index (χ0) is 14.2.